The van der Waals surface area contributed by atoms with Crippen LogP contribution in [0.3, 0.4) is 0 Å². The second-order valence-corrected chi connectivity index (χ2v) is 5.25. The van der Waals surface area contributed by atoms with Gasteiger partial charge in [-0.2, -0.15) is 16.9 Å². The molecule has 0 fully saturated rings. The van der Waals surface area contributed by atoms with Crippen LogP contribution in [0, 0.1) is 0 Å². The van der Waals surface area contributed by atoms with Crippen molar-refractivity contribution < 1.29 is 0 Å². The lowest BCUT2D eigenvalue weighted by Gasteiger charge is -2.14. The minimum atomic E-state index is 0.501. The van der Waals surface area contributed by atoms with Crippen LogP contribution in [0.4, 0.5) is 5.82 Å². The van der Waals surface area contributed by atoms with Crippen LogP contribution in [0.2, 0.25) is 0 Å². The van der Waals surface area contributed by atoms with Crippen molar-refractivity contribution in [3.63, 3.8) is 0 Å². The molecule has 2 aromatic heterocycles. The second-order valence-electron chi connectivity index (χ2n) is 4.26. The Balaban J connectivity index is 2.21. The molecule has 6 nitrogen and oxygen atoms in total. The molecule has 2 heterocycles. The van der Waals surface area contributed by atoms with Crippen LogP contribution in [-0.4, -0.2) is 50.2 Å². The molecule has 2 aromatic rings. The number of nitrogen functional groups attached to an aromatic ring is 1. The largest absolute Gasteiger partial charge is 0.383 e. The number of fused-ring (bicyclic) bond motifs is 1. The summed E-state index contributed by atoms with van der Waals surface area (Å²) in [5.74, 6) is 2.34. The Kier molecular flexibility index (Phi) is 4.03. The highest BCUT2D eigenvalue weighted by Crippen LogP contribution is 2.16. The quantitative estimate of drug-likeness (QED) is 0.860. The van der Waals surface area contributed by atoms with Gasteiger partial charge >= 0.3 is 0 Å². The van der Waals surface area contributed by atoms with Crippen molar-refractivity contribution >= 4 is 28.6 Å². The van der Waals surface area contributed by atoms with Gasteiger partial charge < -0.3 is 5.73 Å². The lowest BCUT2D eigenvalue weighted by Crippen LogP contribution is -2.22. The van der Waals surface area contributed by atoms with Gasteiger partial charge in [0.15, 0.2) is 5.65 Å². The van der Waals surface area contributed by atoms with Crippen molar-refractivity contribution in [3.05, 3.63) is 12.0 Å². The van der Waals surface area contributed by atoms with Gasteiger partial charge in [0.25, 0.3) is 0 Å². The summed E-state index contributed by atoms with van der Waals surface area (Å²) in [6.45, 7) is 1.71. The lowest BCUT2D eigenvalue weighted by molar-refractivity contribution is 0.340. The van der Waals surface area contributed by atoms with Crippen molar-refractivity contribution in [1.29, 1.82) is 0 Å². The van der Waals surface area contributed by atoms with E-state index >= 15 is 0 Å². The molecule has 0 unspecified atom stereocenters. The zero-order valence-corrected chi connectivity index (χ0v) is 11.7. The number of hydrogen-bond acceptors (Lipinski definition) is 6. The third kappa shape index (κ3) is 2.73. The second kappa shape index (κ2) is 5.53. The molecule has 0 amide bonds. The highest BCUT2D eigenvalue weighted by Gasteiger charge is 2.10. The van der Waals surface area contributed by atoms with Gasteiger partial charge in [-0.25, -0.2) is 9.97 Å². The molecular weight excluding hydrogens is 248 g/mol. The normalized spacial score (nSPS) is 11.6. The maximum absolute atomic E-state index is 5.92. The number of rotatable bonds is 5. The summed E-state index contributed by atoms with van der Waals surface area (Å²) in [6, 6.07) is 0. The maximum Gasteiger partial charge on any atom is 0.163 e. The van der Waals surface area contributed by atoms with Crippen molar-refractivity contribution in [3.8, 4) is 0 Å². The summed E-state index contributed by atoms with van der Waals surface area (Å²) in [7, 11) is 3.92. The van der Waals surface area contributed by atoms with E-state index in [1.807, 2.05) is 18.8 Å². The molecular formula is C11H18N6S. The van der Waals surface area contributed by atoms with Gasteiger partial charge in [0, 0.05) is 19.3 Å². The van der Waals surface area contributed by atoms with Gasteiger partial charge in [0.05, 0.1) is 18.1 Å². The summed E-state index contributed by atoms with van der Waals surface area (Å²) < 4.78 is 1.72. The molecule has 18 heavy (non-hydrogen) atoms. The van der Waals surface area contributed by atoms with Crippen LogP contribution >= 0.6 is 11.8 Å². The zero-order chi connectivity index (χ0) is 13.1. The van der Waals surface area contributed by atoms with Gasteiger partial charge in [-0.3, -0.25) is 9.58 Å². The zero-order valence-electron chi connectivity index (χ0n) is 10.9. The van der Waals surface area contributed by atoms with Crippen molar-refractivity contribution in [2.45, 2.75) is 6.54 Å². The van der Waals surface area contributed by atoms with E-state index < -0.39 is 0 Å². The topological polar surface area (TPSA) is 72.9 Å². The smallest absolute Gasteiger partial charge is 0.163 e. The molecule has 0 bridgehead atoms. The molecule has 0 aliphatic carbocycles. The van der Waals surface area contributed by atoms with Gasteiger partial charge in [-0.15, -0.1) is 0 Å². The minimum Gasteiger partial charge on any atom is -0.383 e. The number of aryl methyl sites for hydroxylation is 1. The van der Waals surface area contributed by atoms with Crippen LogP contribution in [0.25, 0.3) is 11.0 Å². The highest BCUT2D eigenvalue weighted by atomic mass is 32.2. The molecule has 0 atom stereocenters. The van der Waals surface area contributed by atoms with Gasteiger partial charge in [0.2, 0.25) is 0 Å². The number of thioether (sulfide) groups is 1. The Labute approximate surface area is 111 Å². The molecule has 0 aromatic carbocycles. The Morgan fingerprint density at radius 3 is 2.94 bits per heavy atom. The van der Waals surface area contributed by atoms with E-state index in [1.54, 1.807) is 10.9 Å². The van der Waals surface area contributed by atoms with Crippen molar-refractivity contribution in [2.24, 2.45) is 7.05 Å². The number of aromatic nitrogens is 4. The fourth-order valence-corrected chi connectivity index (χ4v) is 2.22. The first-order valence-electron chi connectivity index (χ1n) is 5.73. The molecule has 0 saturated heterocycles. The van der Waals surface area contributed by atoms with Crippen molar-refractivity contribution in [2.75, 3.05) is 31.3 Å². The van der Waals surface area contributed by atoms with Gasteiger partial charge in [0.1, 0.15) is 11.6 Å². The standard InChI is InChI=1S/C11H18N6S/c1-16(4-5-18-3)7-9-14-10(12)8-6-13-17(2)11(8)15-9/h6H,4-5,7H2,1-3H3,(H2,12,14,15). The Bertz CT molecular complexity index is 538. The third-order valence-corrected chi connectivity index (χ3v) is 3.35. The summed E-state index contributed by atoms with van der Waals surface area (Å²) in [5, 5.41) is 4.96. The molecule has 2 N–H and O–H groups in total. The van der Waals surface area contributed by atoms with E-state index in [-0.39, 0.29) is 0 Å². The molecule has 0 radical (unpaired) electrons. The fraction of sp³-hybridized carbons (Fsp3) is 0.545. The summed E-state index contributed by atoms with van der Waals surface area (Å²) in [6.07, 6.45) is 3.80. The monoisotopic (exact) mass is 266 g/mol. The first-order chi connectivity index (χ1) is 8.61. The number of anilines is 1. The van der Waals surface area contributed by atoms with Crippen LogP contribution < -0.4 is 5.73 Å². The van der Waals surface area contributed by atoms with Crippen LogP contribution in [-0.2, 0) is 13.6 Å². The summed E-state index contributed by atoms with van der Waals surface area (Å²) in [5.41, 5.74) is 6.71. The molecule has 0 saturated carbocycles. The van der Waals surface area contributed by atoms with Crippen LogP contribution in [0.15, 0.2) is 6.20 Å². The molecule has 2 rings (SSSR count). The third-order valence-electron chi connectivity index (χ3n) is 2.76. The number of nitrogens with two attached hydrogens (primary N) is 1. The highest BCUT2D eigenvalue weighted by molar-refractivity contribution is 7.98. The average Bonchev–Trinajstić information content (AvgIpc) is 2.69. The van der Waals surface area contributed by atoms with Gasteiger partial charge in [-0.1, -0.05) is 0 Å². The van der Waals surface area contributed by atoms with E-state index in [4.69, 9.17) is 5.73 Å². The van der Waals surface area contributed by atoms with Crippen LogP contribution in [0.5, 0.6) is 0 Å². The first-order valence-corrected chi connectivity index (χ1v) is 7.12. The van der Waals surface area contributed by atoms with Crippen molar-refractivity contribution in [1.82, 2.24) is 24.6 Å². The van der Waals surface area contributed by atoms with Crippen LogP contribution in [0.1, 0.15) is 5.82 Å². The van der Waals surface area contributed by atoms with E-state index in [0.717, 1.165) is 29.2 Å². The molecule has 7 heteroatoms. The molecule has 0 aliphatic rings. The van der Waals surface area contributed by atoms with E-state index in [9.17, 15) is 0 Å². The Hall–Kier alpha value is -1.34. The minimum absolute atomic E-state index is 0.501. The Morgan fingerprint density at radius 1 is 1.44 bits per heavy atom. The molecule has 0 aliphatic heterocycles. The average molecular weight is 266 g/mol. The SMILES string of the molecule is CSCCN(C)Cc1nc(N)c2cnn(C)c2n1. The summed E-state index contributed by atoms with van der Waals surface area (Å²) >= 11 is 1.83. The first kappa shape index (κ1) is 13.1. The number of hydrogen-bond donors (Lipinski definition) is 1. The molecule has 98 valence electrons. The van der Waals surface area contributed by atoms with E-state index in [0.29, 0.717) is 12.4 Å². The predicted molar refractivity (Wildman–Crippen MR) is 75.4 cm³/mol. The van der Waals surface area contributed by atoms with E-state index in [1.165, 1.54) is 0 Å². The fourth-order valence-electron chi connectivity index (χ4n) is 1.73. The predicted octanol–water partition coefficient (Wildman–Crippen LogP) is 0.740. The van der Waals surface area contributed by atoms with Gasteiger partial charge in [-0.05, 0) is 13.3 Å². The molecule has 0 spiro atoms. The number of nitrogens with zero attached hydrogens (tertiary/aromatic N) is 5. The Morgan fingerprint density at radius 2 is 2.22 bits per heavy atom. The lowest BCUT2D eigenvalue weighted by atomic mass is 10.4. The van der Waals surface area contributed by atoms with E-state index in [2.05, 4.69) is 33.3 Å². The maximum atomic E-state index is 5.92. The summed E-state index contributed by atoms with van der Waals surface area (Å²) in [4.78, 5) is 11.0.